The van der Waals surface area contributed by atoms with Gasteiger partial charge in [0.15, 0.2) is 0 Å². The predicted octanol–water partition coefficient (Wildman–Crippen LogP) is 1.11. The second-order valence-corrected chi connectivity index (χ2v) is 7.09. The number of ether oxygens (including phenoxy) is 1. The van der Waals surface area contributed by atoms with E-state index in [1.54, 1.807) is 32.7 Å². The summed E-state index contributed by atoms with van der Waals surface area (Å²) in [5.41, 5.74) is -0.701. The molecule has 0 radical (unpaired) electrons. The number of nitrogens with one attached hydrogen (secondary N) is 1. The Bertz CT molecular complexity index is 502. The Morgan fingerprint density at radius 1 is 1.26 bits per heavy atom. The summed E-state index contributed by atoms with van der Waals surface area (Å²) in [6.07, 6.45) is 0.457. The Kier molecular flexibility index (Phi) is 4.72. The zero-order chi connectivity index (χ0) is 17.4. The summed E-state index contributed by atoms with van der Waals surface area (Å²) in [4.78, 5) is 38.8. The molecule has 3 amide bonds. The molecule has 2 N–H and O–H groups in total. The van der Waals surface area contributed by atoms with Gasteiger partial charge in [-0.15, -0.1) is 0 Å². The Morgan fingerprint density at radius 2 is 1.91 bits per heavy atom. The van der Waals surface area contributed by atoms with E-state index in [1.807, 2.05) is 0 Å². The summed E-state index contributed by atoms with van der Waals surface area (Å²) in [5.74, 6) is -0.957. The Hall–Kier alpha value is -1.99. The number of carboxylic acids is 1. The number of fused-ring (bicyclic) bond motifs is 1. The maximum absolute atomic E-state index is 12.5. The molecular formula is C15H25N3O5. The molecule has 0 aromatic carbocycles. The number of hydrogen-bond acceptors (Lipinski definition) is 4. The average Bonchev–Trinajstić information content (AvgIpc) is 2.83. The molecule has 2 aliphatic heterocycles. The van der Waals surface area contributed by atoms with Gasteiger partial charge in [0.25, 0.3) is 0 Å². The Balaban J connectivity index is 2.22. The van der Waals surface area contributed by atoms with E-state index in [9.17, 15) is 19.5 Å². The minimum absolute atomic E-state index is 0.0736. The first-order valence-electron chi connectivity index (χ1n) is 7.85. The number of rotatable bonds is 1. The van der Waals surface area contributed by atoms with Gasteiger partial charge < -0.3 is 20.1 Å². The number of nitrogens with zero attached hydrogens (tertiary/aromatic N) is 2. The van der Waals surface area contributed by atoms with Crippen molar-refractivity contribution in [3.05, 3.63) is 0 Å². The zero-order valence-electron chi connectivity index (χ0n) is 14.0. The molecular weight excluding hydrogens is 302 g/mol. The second kappa shape index (κ2) is 6.25. The molecule has 2 aliphatic rings. The molecule has 8 nitrogen and oxygen atoms in total. The molecule has 2 heterocycles. The van der Waals surface area contributed by atoms with Crippen molar-refractivity contribution in [2.24, 2.45) is 5.92 Å². The van der Waals surface area contributed by atoms with Crippen LogP contribution in [0.3, 0.4) is 0 Å². The summed E-state index contributed by atoms with van der Waals surface area (Å²) >= 11 is 0. The SMILES string of the molecule is CNC(=O)N1CCC2CC(C(=O)O)N(C(=O)OC(C)(C)C)C2C1. The lowest BCUT2D eigenvalue weighted by Gasteiger charge is -2.38. The first-order valence-corrected chi connectivity index (χ1v) is 7.85. The van der Waals surface area contributed by atoms with Gasteiger partial charge in [-0.2, -0.15) is 0 Å². The lowest BCUT2D eigenvalue weighted by atomic mass is 9.91. The van der Waals surface area contributed by atoms with Gasteiger partial charge in [-0.3, -0.25) is 4.90 Å². The van der Waals surface area contributed by atoms with Crippen LogP contribution in [-0.4, -0.2) is 70.8 Å². The first kappa shape index (κ1) is 17.4. The molecule has 130 valence electrons. The topological polar surface area (TPSA) is 99.2 Å². The normalized spacial score (nSPS) is 27.4. The van der Waals surface area contributed by atoms with Gasteiger partial charge in [-0.25, -0.2) is 14.4 Å². The number of aliphatic carboxylic acids is 1. The fraction of sp³-hybridized carbons (Fsp3) is 0.800. The molecule has 0 bridgehead atoms. The molecule has 2 saturated heterocycles. The van der Waals surface area contributed by atoms with Gasteiger partial charge >= 0.3 is 18.1 Å². The third kappa shape index (κ3) is 3.68. The van der Waals surface area contributed by atoms with Crippen LogP contribution >= 0.6 is 0 Å². The summed E-state index contributed by atoms with van der Waals surface area (Å²) in [5, 5.41) is 12.0. The largest absolute Gasteiger partial charge is 0.480 e. The number of carbonyl (C=O) groups is 3. The van der Waals surface area contributed by atoms with Gasteiger partial charge in [-0.1, -0.05) is 0 Å². The van der Waals surface area contributed by atoms with Crippen molar-refractivity contribution in [1.82, 2.24) is 15.1 Å². The third-order valence-electron chi connectivity index (χ3n) is 4.33. The molecule has 3 unspecified atom stereocenters. The van der Waals surface area contributed by atoms with Crippen molar-refractivity contribution < 1.29 is 24.2 Å². The molecule has 0 saturated carbocycles. The fourth-order valence-electron chi connectivity index (χ4n) is 3.34. The number of piperidine rings is 1. The highest BCUT2D eigenvalue weighted by Crippen LogP contribution is 2.37. The zero-order valence-corrected chi connectivity index (χ0v) is 14.0. The maximum Gasteiger partial charge on any atom is 0.411 e. The lowest BCUT2D eigenvalue weighted by Crippen LogP contribution is -2.55. The predicted molar refractivity (Wildman–Crippen MR) is 82.0 cm³/mol. The molecule has 0 aliphatic carbocycles. The summed E-state index contributed by atoms with van der Waals surface area (Å²) in [7, 11) is 1.55. The average molecular weight is 327 g/mol. The minimum atomic E-state index is -1.03. The van der Waals surface area contributed by atoms with Crippen molar-refractivity contribution >= 4 is 18.1 Å². The second-order valence-electron chi connectivity index (χ2n) is 7.09. The highest BCUT2D eigenvalue weighted by Gasteiger charge is 2.50. The molecule has 2 fully saturated rings. The van der Waals surface area contributed by atoms with Crippen molar-refractivity contribution in [3.8, 4) is 0 Å². The van der Waals surface area contributed by atoms with Crippen LogP contribution in [0.15, 0.2) is 0 Å². The molecule has 2 rings (SSSR count). The van der Waals surface area contributed by atoms with Crippen LogP contribution < -0.4 is 5.32 Å². The fourth-order valence-corrected chi connectivity index (χ4v) is 3.34. The molecule has 8 heteroatoms. The van der Waals surface area contributed by atoms with Crippen LogP contribution in [0.1, 0.15) is 33.6 Å². The third-order valence-corrected chi connectivity index (χ3v) is 4.33. The van der Waals surface area contributed by atoms with E-state index in [0.717, 1.165) is 0 Å². The Morgan fingerprint density at radius 3 is 2.43 bits per heavy atom. The van der Waals surface area contributed by atoms with Gasteiger partial charge in [0.05, 0.1) is 6.04 Å². The quantitative estimate of drug-likeness (QED) is 0.751. The molecule has 0 spiro atoms. The van der Waals surface area contributed by atoms with Crippen molar-refractivity contribution in [2.75, 3.05) is 20.1 Å². The van der Waals surface area contributed by atoms with E-state index in [0.29, 0.717) is 25.9 Å². The van der Waals surface area contributed by atoms with E-state index >= 15 is 0 Å². The summed E-state index contributed by atoms with van der Waals surface area (Å²) in [6.45, 7) is 6.12. The number of urea groups is 1. The first-order chi connectivity index (χ1) is 10.6. The standard InChI is InChI=1S/C15H25N3O5/c1-15(2,3)23-14(22)18-10(12(19)20)7-9-5-6-17(8-11(9)18)13(21)16-4/h9-11H,5-8H2,1-4H3,(H,16,21)(H,19,20). The van der Waals surface area contributed by atoms with Crippen molar-refractivity contribution in [3.63, 3.8) is 0 Å². The van der Waals surface area contributed by atoms with Gasteiger partial charge in [0.1, 0.15) is 11.6 Å². The molecule has 3 atom stereocenters. The monoisotopic (exact) mass is 327 g/mol. The van der Waals surface area contributed by atoms with E-state index in [1.165, 1.54) is 4.90 Å². The summed E-state index contributed by atoms with van der Waals surface area (Å²) < 4.78 is 5.38. The smallest absolute Gasteiger partial charge is 0.411 e. The number of carbonyl (C=O) groups excluding carboxylic acids is 2. The Labute approximate surface area is 135 Å². The highest BCUT2D eigenvalue weighted by molar-refractivity contribution is 5.81. The van der Waals surface area contributed by atoms with Crippen LogP contribution in [0.4, 0.5) is 9.59 Å². The van der Waals surface area contributed by atoms with Gasteiger partial charge in [-0.05, 0) is 39.5 Å². The highest BCUT2D eigenvalue weighted by atomic mass is 16.6. The van der Waals surface area contributed by atoms with Crippen molar-refractivity contribution in [2.45, 2.75) is 51.3 Å². The number of amides is 3. The van der Waals surface area contributed by atoms with E-state index in [2.05, 4.69) is 5.32 Å². The minimum Gasteiger partial charge on any atom is -0.480 e. The van der Waals surface area contributed by atoms with Gasteiger partial charge in [0.2, 0.25) is 0 Å². The lowest BCUT2D eigenvalue weighted by molar-refractivity contribution is -0.142. The van der Waals surface area contributed by atoms with Crippen LogP contribution in [0.5, 0.6) is 0 Å². The summed E-state index contributed by atoms with van der Waals surface area (Å²) in [6, 6.07) is -1.44. The van der Waals surface area contributed by atoms with Gasteiger partial charge in [0, 0.05) is 20.1 Å². The molecule has 23 heavy (non-hydrogen) atoms. The maximum atomic E-state index is 12.5. The van der Waals surface area contributed by atoms with Crippen LogP contribution in [0.25, 0.3) is 0 Å². The van der Waals surface area contributed by atoms with Crippen LogP contribution in [0, 0.1) is 5.92 Å². The number of likely N-dealkylation sites (tertiary alicyclic amines) is 2. The van der Waals surface area contributed by atoms with E-state index < -0.39 is 23.7 Å². The molecule has 0 aromatic rings. The van der Waals surface area contributed by atoms with Crippen molar-refractivity contribution in [1.29, 1.82) is 0 Å². The van der Waals surface area contributed by atoms with E-state index in [-0.39, 0.29) is 18.0 Å². The van der Waals surface area contributed by atoms with E-state index in [4.69, 9.17) is 4.74 Å². The van der Waals surface area contributed by atoms with Crippen LogP contribution in [-0.2, 0) is 9.53 Å². The number of carboxylic acid groups (broad SMARTS) is 1. The molecule has 0 aromatic heterocycles. The number of hydrogen-bond donors (Lipinski definition) is 2. The van der Waals surface area contributed by atoms with Crippen LogP contribution in [0.2, 0.25) is 0 Å².